The molecule has 0 aliphatic carbocycles. The number of aryl methyl sites for hydroxylation is 1. The third-order valence-electron chi connectivity index (χ3n) is 3.87. The lowest BCUT2D eigenvalue weighted by Crippen LogP contribution is -2.18. The van der Waals surface area contributed by atoms with Gasteiger partial charge in [0.15, 0.2) is 11.6 Å². The Bertz CT molecular complexity index is 471. The summed E-state index contributed by atoms with van der Waals surface area (Å²) in [6.45, 7) is 6.31. The van der Waals surface area contributed by atoms with Gasteiger partial charge in [0.25, 0.3) is 0 Å². The maximum atomic E-state index is 11.0. The molecule has 0 aromatic carbocycles. The van der Waals surface area contributed by atoms with Crippen LogP contribution in [0.25, 0.3) is 0 Å². The van der Waals surface area contributed by atoms with Gasteiger partial charge in [0.1, 0.15) is 5.69 Å². The van der Waals surface area contributed by atoms with Gasteiger partial charge >= 0.3 is 6.09 Å². The Hall–Kier alpha value is -1.72. The molecule has 0 radical (unpaired) electrons. The monoisotopic (exact) mass is 310 g/mol. The van der Waals surface area contributed by atoms with Crippen molar-refractivity contribution < 1.29 is 9.53 Å². The van der Waals surface area contributed by atoms with Gasteiger partial charge in [0.05, 0.1) is 6.04 Å². The van der Waals surface area contributed by atoms with Gasteiger partial charge in [0, 0.05) is 0 Å². The number of carbonyl (C=O) groups is 1. The molecule has 0 saturated heterocycles. The summed E-state index contributed by atoms with van der Waals surface area (Å²) in [4.78, 5) is 11.0. The molecular formula is C16H30N4O2. The average molecular weight is 310 g/mol. The number of rotatable bonds is 10. The first kappa shape index (κ1) is 18.3. The van der Waals surface area contributed by atoms with Crippen molar-refractivity contribution in [2.45, 2.75) is 78.2 Å². The number of carbonyl (C=O) groups excluding carboxylic acids is 1. The van der Waals surface area contributed by atoms with E-state index in [1.165, 1.54) is 19.3 Å². The average Bonchev–Trinajstić information content (AvgIpc) is 2.79. The van der Waals surface area contributed by atoms with Crippen molar-refractivity contribution in [1.82, 2.24) is 9.78 Å². The predicted octanol–water partition coefficient (Wildman–Crippen LogP) is 3.80. The standard InChI is InChI=1S/C16H30N4O2/c1-4-7-8-9-11-12(10-5-2)20-15(17)14(22-16(18)21)13(6-3)19-20/h12H,4-11,17H2,1-3H3,(H2,18,21). The van der Waals surface area contributed by atoms with E-state index in [-0.39, 0.29) is 6.04 Å². The fourth-order valence-corrected chi connectivity index (χ4v) is 2.73. The van der Waals surface area contributed by atoms with E-state index in [0.29, 0.717) is 23.7 Å². The third kappa shape index (κ3) is 4.93. The van der Waals surface area contributed by atoms with Gasteiger partial charge < -0.3 is 16.2 Å². The summed E-state index contributed by atoms with van der Waals surface area (Å²) in [5, 5.41) is 4.56. The van der Waals surface area contributed by atoms with Crippen LogP contribution in [0.15, 0.2) is 0 Å². The molecular weight excluding hydrogens is 280 g/mol. The molecule has 0 bridgehead atoms. The van der Waals surface area contributed by atoms with E-state index in [1.54, 1.807) is 0 Å². The van der Waals surface area contributed by atoms with Crippen molar-refractivity contribution in [2.24, 2.45) is 5.73 Å². The van der Waals surface area contributed by atoms with Gasteiger partial charge in [-0.05, 0) is 19.3 Å². The van der Waals surface area contributed by atoms with Crippen LogP contribution in [0.2, 0.25) is 0 Å². The SMILES string of the molecule is CCCCCCC(CCC)n1nc(CC)c(OC(N)=O)c1N. The normalized spacial score (nSPS) is 12.3. The molecule has 1 aromatic heterocycles. The molecule has 1 aromatic rings. The Morgan fingerprint density at radius 3 is 2.45 bits per heavy atom. The van der Waals surface area contributed by atoms with Crippen molar-refractivity contribution in [2.75, 3.05) is 5.73 Å². The Balaban J connectivity index is 2.93. The van der Waals surface area contributed by atoms with Crippen molar-refractivity contribution in [1.29, 1.82) is 0 Å². The molecule has 6 nitrogen and oxygen atoms in total. The van der Waals surface area contributed by atoms with Crippen molar-refractivity contribution in [3.63, 3.8) is 0 Å². The van der Waals surface area contributed by atoms with Crippen LogP contribution in [0.1, 0.15) is 77.5 Å². The number of amides is 1. The van der Waals surface area contributed by atoms with E-state index in [0.717, 1.165) is 25.7 Å². The van der Waals surface area contributed by atoms with Crippen LogP contribution in [0, 0.1) is 0 Å². The summed E-state index contributed by atoms with van der Waals surface area (Å²) in [6.07, 6.45) is 7.77. The first-order valence-corrected chi connectivity index (χ1v) is 8.39. The van der Waals surface area contributed by atoms with Gasteiger partial charge in [-0.3, -0.25) is 0 Å². The summed E-state index contributed by atoms with van der Waals surface area (Å²) in [6, 6.07) is 0.248. The van der Waals surface area contributed by atoms with Gasteiger partial charge in [-0.1, -0.05) is 52.9 Å². The molecule has 1 amide bonds. The Morgan fingerprint density at radius 1 is 1.18 bits per heavy atom. The zero-order valence-electron chi connectivity index (χ0n) is 14.1. The van der Waals surface area contributed by atoms with E-state index in [9.17, 15) is 4.79 Å². The van der Waals surface area contributed by atoms with Crippen LogP contribution in [-0.4, -0.2) is 15.9 Å². The lowest BCUT2D eigenvalue weighted by Gasteiger charge is -2.18. The fourth-order valence-electron chi connectivity index (χ4n) is 2.73. The smallest absolute Gasteiger partial charge is 0.405 e. The first-order chi connectivity index (χ1) is 10.5. The topological polar surface area (TPSA) is 96.2 Å². The molecule has 22 heavy (non-hydrogen) atoms. The second kappa shape index (κ2) is 9.33. The van der Waals surface area contributed by atoms with Gasteiger partial charge in [-0.2, -0.15) is 5.10 Å². The third-order valence-corrected chi connectivity index (χ3v) is 3.87. The summed E-state index contributed by atoms with van der Waals surface area (Å²) < 4.78 is 6.88. The molecule has 0 aliphatic rings. The van der Waals surface area contributed by atoms with E-state index in [4.69, 9.17) is 16.2 Å². The van der Waals surface area contributed by atoms with Gasteiger partial charge in [0.2, 0.25) is 0 Å². The molecule has 1 rings (SSSR count). The Morgan fingerprint density at radius 2 is 1.91 bits per heavy atom. The van der Waals surface area contributed by atoms with Crippen molar-refractivity contribution in [3.8, 4) is 5.75 Å². The maximum absolute atomic E-state index is 11.0. The number of primary amides is 1. The quantitative estimate of drug-likeness (QED) is 0.642. The molecule has 0 spiro atoms. The van der Waals surface area contributed by atoms with Gasteiger partial charge in [-0.15, -0.1) is 0 Å². The lowest BCUT2D eigenvalue weighted by atomic mass is 10.0. The summed E-state index contributed by atoms with van der Waals surface area (Å²) in [5.74, 6) is 0.731. The van der Waals surface area contributed by atoms with Crippen LogP contribution >= 0.6 is 0 Å². The molecule has 4 N–H and O–H groups in total. The molecule has 1 heterocycles. The number of nitrogens with zero attached hydrogens (tertiary/aromatic N) is 2. The maximum Gasteiger partial charge on any atom is 0.410 e. The first-order valence-electron chi connectivity index (χ1n) is 8.39. The highest BCUT2D eigenvalue weighted by Crippen LogP contribution is 2.32. The van der Waals surface area contributed by atoms with Crippen LogP contribution in [0.3, 0.4) is 0 Å². The number of nitrogen functional groups attached to an aromatic ring is 1. The predicted molar refractivity (Wildman–Crippen MR) is 88.9 cm³/mol. The second-order valence-electron chi connectivity index (χ2n) is 5.67. The van der Waals surface area contributed by atoms with Crippen LogP contribution in [0.4, 0.5) is 10.6 Å². The van der Waals surface area contributed by atoms with Crippen molar-refractivity contribution >= 4 is 11.9 Å². The Kier molecular flexibility index (Phi) is 7.77. The second-order valence-corrected chi connectivity index (χ2v) is 5.67. The highest BCUT2D eigenvalue weighted by atomic mass is 16.5. The number of hydrogen-bond acceptors (Lipinski definition) is 4. The number of hydrogen-bond donors (Lipinski definition) is 2. The summed E-state index contributed by atoms with van der Waals surface area (Å²) >= 11 is 0. The van der Waals surface area contributed by atoms with E-state index in [2.05, 4.69) is 18.9 Å². The molecule has 0 fully saturated rings. The highest BCUT2D eigenvalue weighted by molar-refractivity contribution is 5.71. The number of nitrogens with two attached hydrogens (primary N) is 2. The molecule has 1 unspecified atom stereocenters. The molecule has 0 saturated carbocycles. The van der Waals surface area contributed by atoms with E-state index in [1.807, 2.05) is 11.6 Å². The largest absolute Gasteiger partial charge is 0.410 e. The molecule has 6 heteroatoms. The number of ether oxygens (including phenoxy) is 1. The number of aromatic nitrogens is 2. The molecule has 126 valence electrons. The zero-order chi connectivity index (χ0) is 16.5. The lowest BCUT2D eigenvalue weighted by molar-refractivity contribution is 0.210. The highest BCUT2D eigenvalue weighted by Gasteiger charge is 2.22. The van der Waals surface area contributed by atoms with Gasteiger partial charge in [-0.25, -0.2) is 9.48 Å². The van der Waals surface area contributed by atoms with E-state index < -0.39 is 6.09 Å². The van der Waals surface area contributed by atoms with Crippen molar-refractivity contribution in [3.05, 3.63) is 5.69 Å². The number of anilines is 1. The fraction of sp³-hybridized carbons (Fsp3) is 0.750. The minimum atomic E-state index is -0.851. The zero-order valence-corrected chi connectivity index (χ0v) is 14.1. The van der Waals surface area contributed by atoms with Crippen LogP contribution in [-0.2, 0) is 6.42 Å². The number of unbranched alkanes of at least 4 members (excludes halogenated alkanes) is 3. The summed E-state index contributed by atoms with van der Waals surface area (Å²) in [5.41, 5.74) is 12.0. The minimum absolute atomic E-state index is 0.248. The summed E-state index contributed by atoms with van der Waals surface area (Å²) in [7, 11) is 0. The molecule has 0 aliphatic heterocycles. The van der Waals surface area contributed by atoms with E-state index >= 15 is 0 Å². The minimum Gasteiger partial charge on any atom is -0.405 e. The van der Waals surface area contributed by atoms with Crippen LogP contribution < -0.4 is 16.2 Å². The molecule has 1 atom stereocenters. The van der Waals surface area contributed by atoms with Crippen LogP contribution in [0.5, 0.6) is 5.75 Å². The Labute approximate surface area is 133 Å².